The van der Waals surface area contributed by atoms with Crippen molar-refractivity contribution in [2.75, 3.05) is 13.7 Å². The minimum Gasteiger partial charge on any atom is -0.478 e. The first-order valence-corrected chi connectivity index (χ1v) is 5.07. The second-order valence-corrected chi connectivity index (χ2v) is 3.64. The van der Waals surface area contributed by atoms with E-state index in [-0.39, 0.29) is 24.2 Å². The predicted octanol–water partition coefficient (Wildman–Crippen LogP) is 1.58. The van der Waals surface area contributed by atoms with E-state index in [0.29, 0.717) is 11.1 Å². The van der Waals surface area contributed by atoms with E-state index in [4.69, 9.17) is 14.9 Å². The number of rotatable bonds is 5. The van der Waals surface area contributed by atoms with Crippen molar-refractivity contribution in [3.05, 3.63) is 34.4 Å². The average Bonchev–Trinajstić information content (AvgIpc) is 2.25. The lowest BCUT2D eigenvalue weighted by molar-refractivity contribution is 0.0694. The number of methoxy groups -OCH3 is 1. The van der Waals surface area contributed by atoms with Gasteiger partial charge in [0.05, 0.1) is 17.7 Å². The lowest BCUT2D eigenvalue weighted by Crippen LogP contribution is -2.13. The second-order valence-electron chi connectivity index (χ2n) is 3.64. The summed E-state index contributed by atoms with van der Waals surface area (Å²) in [5, 5.41) is 18.1. The molecule has 0 atom stereocenters. The highest BCUT2D eigenvalue weighted by Gasteiger charge is 2.20. The van der Waals surface area contributed by atoms with E-state index in [9.17, 15) is 9.59 Å². The summed E-state index contributed by atoms with van der Waals surface area (Å²) in [7, 11) is 1.48. The number of hydrogen-bond acceptors (Lipinski definition) is 3. The van der Waals surface area contributed by atoms with Crippen LogP contribution < -0.4 is 0 Å². The molecule has 0 radical (unpaired) electrons. The van der Waals surface area contributed by atoms with Gasteiger partial charge in [0, 0.05) is 7.11 Å². The molecule has 2 N–H and O–H groups in total. The third-order valence-electron chi connectivity index (χ3n) is 2.52. The SMILES string of the molecule is COCCc1c(C(=O)O)ccc(C)c1C(=O)O. The van der Waals surface area contributed by atoms with Crippen LogP contribution in [0.15, 0.2) is 12.1 Å². The number of hydrogen-bond donors (Lipinski definition) is 2. The molecule has 0 saturated heterocycles. The highest BCUT2D eigenvalue weighted by Crippen LogP contribution is 2.20. The highest BCUT2D eigenvalue weighted by molar-refractivity contribution is 5.97. The zero-order chi connectivity index (χ0) is 13.0. The number of carboxylic acid groups (broad SMARTS) is 2. The molecule has 17 heavy (non-hydrogen) atoms. The number of carbonyl (C=O) groups is 2. The molecule has 5 heteroatoms. The van der Waals surface area contributed by atoms with Crippen LogP contribution in [0.1, 0.15) is 31.8 Å². The van der Waals surface area contributed by atoms with Crippen LogP contribution in [0.3, 0.4) is 0 Å². The Morgan fingerprint density at radius 1 is 1.24 bits per heavy atom. The van der Waals surface area contributed by atoms with Crippen molar-refractivity contribution >= 4 is 11.9 Å². The summed E-state index contributed by atoms with van der Waals surface area (Å²) in [4.78, 5) is 22.2. The highest BCUT2D eigenvalue weighted by atomic mass is 16.5. The van der Waals surface area contributed by atoms with E-state index in [1.54, 1.807) is 6.92 Å². The van der Waals surface area contributed by atoms with Crippen LogP contribution in [-0.2, 0) is 11.2 Å². The maximum Gasteiger partial charge on any atom is 0.336 e. The first kappa shape index (κ1) is 13.2. The smallest absolute Gasteiger partial charge is 0.336 e. The summed E-state index contributed by atoms with van der Waals surface area (Å²) in [6, 6.07) is 2.93. The topological polar surface area (TPSA) is 83.8 Å². The Morgan fingerprint density at radius 3 is 2.35 bits per heavy atom. The van der Waals surface area contributed by atoms with Crippen molar-refractivity contribution in [2.45, 2.75) is 13.3 Å². The molecule has 1 aromatic carbocycles. The molecule has 0 aliphatic carbocycles. The first-order chi connectivity index (χ1) is 7.99. The van der Waals surface area contributed by atoms with Crippen LogP contribution >= 0.6 is 0 Å². The van der Waals surface area contributed by atoms with Crippen molar-refractivity contribution in [3.63, 3.8) is 0 Å². The summed E-state index contributed by atoms with van der Waals surface area (Å²) < 4.78 is 4.87. The van der Waals surface area contributed by atoms with E-state index in [1.165, 1.54) is 19.2 Å². The average molecular weight is 238 g/mol. The quantitative estimate of drug-likeness (QED) is 0.813. The lowest BCUT2D eigenvalue weighted by Gasteiger charge is -2.12. The minimum absolute atomic E-state index is 0.0186. The van der Waals surface area contributed by atoms with Crippen LogP contribution in [0.25, 0.3) is 0 Å². The molecule has 0 heterocycles. The third kappa shape index (κ3) is 2.82. The van der Waals surface area contributed by atoms with Gasteiger partial charge >= 0.3 is 11.9 Å². The van der Waals surface area contributed by atoms with Gasteiger partial charge < -0.3 is 14.9 Å². The van der Waals surface area contributed by atoms with Gasteiger partial charge in [0.2, 0.25) is 0 Å². The fourth-order valence-electron chi connectivity index (χ4n) is 1.73. The summed E-state index contributed by atoms with van der Waals surface area (Å²) in [5.74, 6) is -2.24. The van der Waals surface area contributed by atoms with Crippen LogP contribution in [0.5, 0.6) is 0 Å². The summed E-state index contributed by atoms with van der Waals surface area (Å²) in [5.41, 5.74) is 0.937. The molecular weight excluding hydrogens is 224 g/mol. The standard InChI is InChI=1S/C12H14O5/c1-7-3-4-9(11(13)14)8(5-6-17-2)10(7)12(15)16/h3-4H,5-6H2,1-2H3,(H,13,14)(H,15,16). The number of carboxylic acids is 2. The first-order valence-electron chi connectivity index (χ1n) is 5.07. The molecular formula is C12H14O5. The fraction of sp³-hybridized carbons (Fsp3) is 0.333. The Morgan fingerprint density at radius 2 is 1.88 bits per heavy atom. The second kappa shape index (κ2) is 5.45. The third-order valence-corrected chi connectivity index (χ3v) is 2.52. The van der Waals surface area contributed by atoms with Crippen LogP contribution in [0.4, 0.5) is 0 Å². The van der Waals surface area contributed by atoms with Crippen LogP contribution in [0.2, 0.25) is 0 Å². The Balaban J connectivity index is 3.38. The van der Waals surface area contributed by atoms with Gasteiger partial charge in [-0.3, -0.25) is 0 Å². The molecule has 1 rings (SSSR count). The molecule has 0 fully saturated rings. The zero-order valence-electron chi connectivity index (χ0n) is 9.69. The van der Waals surface area contributed by atoms with E-state index in [0.717, 1.165) is 0 Å². The minimum atomic E-state index is -1.13. The van der Waals surface area contributed by atoms with E-state index < -0.39 is 11.9 Å². The number of aryl methyl sites for hydroxylation is 1. The van der Waals surface area contributed by atoms with Crippen LogP contribution in [-0.4, -0.2) is 35.9 Å². The maximum atomic E-state index is 11.1. The Hall–Kier alpha value is -1.88. The molecule has 0 aliphatic heterocycles. The Labute approximate surface area is 98.6 Å². The molecule has 0 saturated carbocycles. The van der Waals surface area contributed by atoms with Crippen LogP contribution in [0, 0.1) is 6.92 Å². The van der Waals surface area contributed by atoms with E-state index in [2.05, 4.69) is 0 Å². The van der Waals surface area contributed by atoms with Crippen molar-refractivity contribution in [2.24, 2.45) is 0 Å². The monoisotopic (exact) mass is 238 g/mol. The Bertz CT molecular complexity index is 450. The van der Waals surface area contributed by atoms with Gasteiger partial charge in [-0.05, 0) is 30.5 Å². The molecule has 0 aliphatic rings. The van der Waals surface area contributed by atoms with E-state index >= 15 is 0 Å². The molecule has 0 spiro atoms. The molecule has 1 aromatic rings. The van der Waals surface area contributed by atoms with Gasteiger partial charge in [-0.2, -0.15) is 0 Å². The molecule has 92 valence electrons. The number of aromatic carboxylic acids is 2. The van der Waals surface area contributed by atoms with Gasteiger partial charge in [0.25, 0.3) is 0 Å². The maximum absolute atomic E-state index is 11.1. The van der Waals surface area contributed by atoms with Gasteiger partial charge in [-0.1, -0.05) is 6.07 Å². The normalized spacial score (nSPS) is 10.2. The predicted molar refractivity (Wildman–Crippen MR) is 60.7 cm³/mol. The number of benzene rings is 1. The van der Waals surface area contributed by atoms with Crippen molar-refractivity contribution < 1.29 is 24.5 Å². The van der Waals surface area contributed by atoms with Gasteiger partial charge in [-0.25, -0.2) is 9.59 Å². The van der Waals surface area contributed by atoms with Gasteiger partial charge in [-0.15, -0.1) is 0 Å². The van der Waals surface area contributed by atoms with Crippen molar-refractivity contribution in [3.8, 4) is 0 Å². The Kier molecular flexibility index (Phi) is 4.23. The largest absolute Gasteiger partial charge is 0.478 e. The summed E-state index contributed by atoms with van der Waals surface area (Å²) in [6.07, 6.45) is 0.265. The number of ether oxygens (including phenoxy) is 1. The van der Waals surface area contributed by atoms with E-state index in [1.807, 2.05) is 0 Å². The fourth-order valence-corrected chi connectivity index (χ4v) is 1.73. The van der Waals surface area contributed by atoms with Crippen molar-refractivity contribution in [1.82, 2.24) is 0 Å². The molecule has 0 amide bonds. The zero-order valence-corrected chi connectivity index (χ0v) is 9.69. The summed E-state index contributed by atoms with van der Waals surface area (Å²) >= 11 is 0. The molecule has 0 unspecified atom stereocenters. The molecule has 0 aromatic heterocycles. The lowest BCUT2D eigenvalue weighted by atomic mass is 9.94. The van der Waals surface area contributed by atoms with Gasteiger partial charge in [0.1, 0.15) is 0 Å². The van der Waals surface area contributed by atoms with Gasteiger partial charge in [0.15, 0.2) is 0 Å². The summed E-state index contributed by atoms with van der Waals surface area (Å²) in [6.45, 7) is 1.93. The van der Waals surface area contributed by atoms with Crippen molar-refractivity contribution in [1.29, 1.82) is 0 Å². The molecule has 5 nitrogen and oxygen atoms in total. The molecule has 0 bridgehead atoms.